The highest BCUT2D eigenvalue weighted by molar-refractivity contribution is 7.08. The molecular formula is C24H29N3O3S. The third kappa shape index (κ3) is 5.48. The molecule has 2 aromatic heterocycles. The van der Waals surface area contributed by atoms with E-state index in [1.54, 1.807) is 18.3 Å². The van der Waals surface area contributed by atoms with Crippen LogP contribution in [-0.2, 0) is 27.1 Å². The van der Waals surface area contributed by atoms with Crippen molar-refractivity contribution in [2.24, 2.45) is 0 Å². The van der Waals surface area contributed by atoms with E-state index in [0.717, 1.165) is 52.6 Å². The van der Waals surface area contributed by atoms with Gasteiger partial charge in [-0.05, 0) is 55.8 Å². The molecule has 0 aliphatic rings. The number of aromatic nitrogens is 2. The molecule has 1 atom stereocenters. The number of esters is 1. The highest BCUT2D eigenvalue weighted by atomic mass is 32.1. The summed E-state index contributed by atoms with van der Waals surface area (Å²) in [4.78, 5) is 21.8. The summed E-state index contributed by atoms with van der Waals surface area (Å²) in [5, 5.41) is 7.54. The maximum atomic E-state index is 12.2. The number of carbonyl (C=O) groups is 1. The van der Waals surface area contributed by atoms with Crippen LogP contribution >= 0.6 is 11.3 Å². The first kappa shape index (κ1) is 22.9. The van der Waals surface area contributed by atoms with E-state index in [1.165, 1.54) is 0 Å². The lowest BCUT2D eigenvalue weighted by molar-refractivity contribution is -0.157. The number of nitrogens with one attached hydrogen (secondary N) is 1. The number of ether oxygens (including phenoxy) is 2. The molecule has 7 heteroatoms. The van der Waals surface area contributed by atoms with E-state index in [1.807, 2.05) is 42.6 Å². The molecule has 0 radical (unpaired) electrons. The van der Waals surface area contributed by atoms with Crippen LogP contribution < -0.4 is 5.32 Å². The minimum absolute atomic E-state index is 0.321. The molecule has 31 heavy (non-hydrogen) atoms. The summed E-state index contributed by atoms with van der Waals surface area (Å²) in [6.07, 6.45) is 0.954. The monoisotopic (exact) mass is 439 g/mol. The number of benzene rings is 1. The fraction of sp³-hybridized carbons (Fsp3) is 0.375. The van der Waals surface area contributed by atoms with E-state index < -0.39 is 6.10 Å². The molecule has 6 nitrogen and oxygen atoms in total. The molecule has 1 N–H and O–H groups in total. The summed E-state index contributed by atoms with van der Waals surface area (Å²) >= 11 is 1.63. The van der Waals surface area contributed by atoms with Crippen molar-refractivity contribution >= 4 is 28.8 Å². The van der Waals surface area contributed by atoms with Crippen molar-refractivity contribution < 1.29 is 14.3 Å². The van der Waals surface area contributed by atoms with Crippen LogP contribution in [0.2, 0.25) is 0 Å². The lowest BCUT2D eigenvalue weighted by atomic mass is 10.1. The number of nitrogens with zero attached hydrogens (tertiary/aromatic N) is 2. The third-order valence-electron chi connectivity index (χ3n) is 4.87. The highest BCUT2D eigenvalue weighted by Gasteiger charge is 2.22. The van der Waals surface area contributed by atoms with E-state index in [2.05, 4.69) is 24.5 Å². The summed E-state index contributed by atoms with van der Waals surface area (Å²) in [7, 11) is 0. The maximum absolute atomic E-state index is 12.2. The lowest BCUT2D eigenvalue weighted by Gasteiger charge is -2.17. The van der Waals surface area contributed by atoms with Gasteiger partial charge in [-0.3, -0.25) is 0 Å². The van der Waals surface area contributed by atoms with Gasteiger partial charge < -0.3 is 14.8 Å². The van der Waals surface area contributed by atoms with E-state index >= 15 is 0 Å². The second-order valence-electron chi connectivity index (χ2n) is 6.87. The second kappa shape index (κ2) is 11.0. The van der Waals surface area contributed by atoms with Gasteiger partial charge in [0.15, 0.2) is 11.9 Å². The summed E-state index contributed by atoms with van der Waals surface area (Å²) in [6.45, 7) is 8.62. The Hall–Kier alpha value is -2.77. The highest BCUT2D eigenvalue weighted by Crippen LogP contribution is 2.28. The number of anilines is 2. The molecule has 0 amide bonds. The van der Waals surface area contributed by atoms with Crippen molar-refractivity contribution in [3.05, 3.63) is 57.9 Å². The second-order valence-corrected chi connectivity index (χ2v) is 7.65. The Balaban J connectivity index is 1.89. The molecule has 2 heterocycles. The van der Waals surface area contributed by atoms with Crippen molar-refractivity contribution in [2.75, 3.05) is 18.5 Å². The predicted molar refractivity (Wildman–Crippen MR) is 125 cm³/mol. The van der Waals surface area contributed by atoms with Crippen LogP contribution in [0.3, 0.4) is 0 Å². The summed E-state index contributed by atoms with van der Waals surface area (Å²) in [6, 6.07) is 9.66. The van der Waals surface area contributed by atoms with E-state index in [4.69, 9.17) is 19.4 Å². The van der Waals surface area contributed by atoms with E-state index in [-0.39, 0.29) is 5.97 Å². The van der Waals surface area contributed by atoms with Crippen LogP contribution in [0.15, 0.2) is 41.1 Å². The summed E-state index contributed by atoms with van der Waals surface area (Å²) in [5.41, 5.74) is 4.84. The minimum Gasteiger partial charge on any atom is -0.464 e. The molecule has 0 aliphatic heterocycles. The van der Waals surface area contributed by atoms with Gasteiger partial charge in [0.25, 0.3) is 0 Å². The van der Waals surface area contributed by atoms with Crippen molar-refractivity contribution in [2.45, 2.75) is 46.6 Å². The normalized spacial score (nSPS) is 11.9. The van der Waals surface area contributed by atoms with Crippen molar-refractivity contribution in [3.63, 3.8) is 0 Å². The largest absolute Gasteiger partial charge is 0.464 e. The minimum atomic E-state index is -0.721. The van der Waals surface area contributed by atoms with Crippen molar-refractivity contribution in [3.8, 4) is 11.4 Å². The number of hydrogen-bond acceptors (Lipinski definition) is 7. The van der Waals surface area contributed by atoms with Gasteiger partial charge in [-0.1, -0.05) is 26.0 Å². The molecule has 0 saturated carbocycles. The first-order valence-corrected chi connectivity index (χ1v) is 11.6. The van der Waals surface area contributed by atoms with Crippen LogP contribution in [0.25, 0.3) is 11.4 Å². The van der Waals surface area contributed by atoms with Crippen molar-refractivity contribution in [1.29, 1.82) is 0 Å². The number of aryl methyl sites for hydroxylation is 1. The molecule has 164 valence electrons. The number of carbonyl (C=O) groups excluding carboxylic acids is 1. The lowest BCUT2D eigenvalue weighted by Crippen LogP contribution is -2.19. The van der Waals surface area contributed by atoms with Gasteiger partial charge in [-0.15, -0.1) is 0 Å². The van der Waals surface area contributed by atoms with Gasteiger partial charge in [-0.25, -0.2) is 14.8 Å². The fourth-order valence-corrected chi connectivity index (χ4v) is 4.02. The van der Waals surface area contributed by atoms with Gasteiger partial charge in [0.2, 0.25) is 0 Å². The zero-order valence-electron chi connectivity index (χ0n) is 18.5. The number of thiophene rings is 1. The number of hydrogen-bond donors (Lipinski definition) is 1. The average Bonchev–Trinajstić information content (AvgIpc) is 3.33. The molecule has 1 unspecified atom stereocenters. The topological polar surface area (TPSA) is 73.3 Å². The van der Waals surface area contributed by atoms with E-state index in [9.17, 15) is 4.79 Å². The van der Waals surface area contributed by atoms with Crippen molar-refractivity contribution in [1.82, 2.24) is 9.97 Å². The smallest absolute Gasteiger partial charge is 0.339 e. The van der Waals surface area contributed by atoms with E-state index in [0.29, 0.717) is 13.2 Å². The van der Waals surface area contributed by atoms with Gasteiger partial charge in [-0.2, -0.15) is 11.3 Å². The van der Waals surface area contributed by atoms with Crippen LogP contribution in [0.5, 0.6) is 0 Å². The molecule has 3 aromatic rings. The summed E-state index contributed by atoms with van der Waals surface area (Å²) < 4.78 is 10.8. The van der Waals surface area contributed by atoms with Crippen LogP contribution in [0, 0.1) is 0 Å². The molecule has 0 aliphatic carbocycles. The Morgan fingerprint density at radius 2 is 1.81 bits per heavy atom. The molecule has 3 rings (SSSR count). The van der Waals surface area contributed by atoms with Gasteiger partial charge >= 0.3 is 5.97 Å². The average molecular weight is 440 g/mol. The molecule has 0 spiro atoms. The maximum Gasteiger partial charge on any atom is 0.339 e. The zero-order chi connectivity index (χ0) is 22.2. The molecular weight excluding hydrogens is 410 g/mol. The number of rotatable bonds is 10. The van der Waals surface area contributed by atoms with Gasteiger partial charge in [0, 0.05) is 34.5 Å². The Morgan fingerprint density at radius 1 is 1.03 bits per heavy atom. The zero-order valence-corrected chi connectivity index (χ0v) is 19.3. The van der Waals surface area contributed by atoms with Crippen LogP contribution in [0.4, 0.5) is 11.5 Å². The summed E-state index contributed by atoms with van der Waals surface area (Å²) in [5.74, 6) is 1.17. The Morgan fingerprint density at radius 3 is 2.39 bits per heavy atom. The van der Waals surface area contributed by atoms with Gasteiger partial charge in [0.1, 0.15) is 5.82 Å². The quantitative estimate of drug-likeness (QED) is 0.408. The Labute approximate surface area is 187 Å². The fourth-order valence-electron chi connectivity index (χ4n) is 3.38. The third-order valence-corrected chi connectivity index (χ3v) is 5.55. The molecule has 0 fully saturated rings. The predicted octanol–water partition coefficient (Wildman–Crippen LogP) is 5.71. The SMILES string of the molecule is CCOC(=O)C(OCC)c1ccc(Nc2nc(-c3ccsc3)nc(CC)c2CC)cc1. The molecule has 1 aromatic carbocycles. The molecule has 0 saturated heterocycles. The van der Waals surface area contributed by atoms with Crippen LogP contribution in [-0.4, -0.2) is 29.2 Å². The molecule has 0 bridgehead atoms. The Bertz CT molecular complexity index is 988. The first-order chi connectivity index (χ1) is 15.1. The van der Waals surface area contributed by atoms with Gasteiger partial charge in [0.05, 0.1) is 6.61 Å². The van der Waals surface area contributed by atoms with Crippen LogP contribution in [0.1, 0.15) is 50.6 Å². The standard InChI is InChI=1S/C24H29N3O3S/c1-5-19-20(6-2)26-22(17-13-14-31-15-17)27-23(19)25-18-11-9-16(10-12-18)21(29-7-3)24(28)30-8-4/h9-15,21H,5-8H2,1-4H3,(H,25,26,27). The Kier molecular flexibility index (Phi) is 8.14. The first-order valence-electron chi connectivity index (χ1n) is 10.7.